The zero-order valence-electron chi connectivity index (χ0n) is 14.7. The highest BCUT2D eigenvalue weighted by molar-refractivity contribution is 7.90. The third-order valence-electron chi connectivity index (χ3n) is 4.22. The number of halogens is 2. The summed E-state index contributed by atoms with van der Waals surface area (Å²) >= 11 is 5.71. The molecule has 1 aliphatic heterocycles. The highest BCUT2D eigenvalue weighted by Crippen LogP contribution is 2.27. The van der Waals surface area contributed by atoms with Crippen LogP contribution >= 0.6 is 11.6 Å². The average molecular weight is 430 g/mol. The van der Waals surface area contributed by atoms with Crippen molar-refractivity contribution in [2.45, 2.75) is 4.90 Å². The molecule has 1 amide bonds. The molecule has 2 N–H and O–H groups in total. The summed E-state index contributed by atoms with van der Waals surface area (Å²) in [5.74, 6) is -0.748. The van der Waals surface area contributed by atoms with Crippen LogP contribution in [-0.4, -0.2) is 20.2 Å². The lowest BCUT2D eigenvalue weighted by molar-refractivity contribution is 0.102. The molecule has 0 saturated heterocycles. The van der Waals surface area contributed by atoms with Crippen molar-refractivity contribution in [3.8, 4) is 0 Å². The van der Waals surface area contributed by atoms with Gasteiger partial charge < -0.3 is 10.6 Å². The van der Waals surface area contributed by atoms with E-state index in [0.717, 1.165) is 0 Å². The summed E-state index contributed by atoms with van der Waals surface area (Å²) in [6.07, 6.45) is 0. The molecule has 0 spiro atoms. The maximum Gasteiger partial charge on any atom is 0.285 e. The lowest BCUT2D eigenvalue weighted by atomic mass is 10.1. The lowest BCUT2D eigenvalue weighted by Crippen LogP contribution is -2.13. The molecule has 0 bridgehead atoms. The lowest BCUT2D eigenvalue weighted by Gasteiger charge is -2.09. The molecule has 1 aliphatic rings. The van der Waals surface area contributed by atoms with Gasteiger partial charge >= 0.3 is 0 Å². The molecule has 0 unspecified atom stereocenters. The van der Waals surface area contributed by atoms with Crippen molar-refractivity contribution in [1.82, 2.24) is 0 Å². The van der Waals surface area contributed by atoms with Crippen LogP contribution in [0.25, 0.3) is 0 Å². The maximum absolute atomic E-state index is 13.2. The van der Waals surface area contributed by atoms with E-state index in [2.05, 4.69) is 15.0 Å². The fourth-order valence-corrected chi connectivity index (χ4v) is 4.17. The summed E-state index contributed by atoms with van der Waals surface area (Å²) in [4.78, 5) is 12.5. The van der Waals surface area contributed by atoms with Crippen LogP contribution in [0, 0.1) is 5.82 Å². The van der Waals surface area contributed by atoms with Gasteiger partial charge in [0.15, 0.2) is 5.84 Å². The molecule has 3 aromatic carbocycles. The summed E-state index contributed by atoms with van der Waals surface area (Å²) < 4.78 is 41.2. The van der Waals surface area contributed by atoms with Gasteiger partial charge in [-0.05, 0) is 54.6 Å². The number of hydrogen-bond donors (Lipinski definition) is 2. The molecule has 0 radical (unpaired) electrons. The van der Waals surface area contributed by atoms with E-state index in [4.69, 9.17) is 11.6 Å². The van der Waals surface area contributed by atoms with Crippen LogP contribution in [-0.2, 0) is 10.0 Å². The second-order valence-corrected chi connectivity index (χ2v) is 8.18. The van der Waals surface area contributed by atoms with Crippen LogP contribution in [0.1, 0.15) is 15.9 Å². The van der Waals surface area contributed by atoms with E-state index < -0.39 is 21.7 Å². The Morgan fingerprint density at radius 3 is 2.38 bits per heavy atom. The fourth-order valence-electron chi connectivity index (χ4n) is 2.81. The number of nitrogens with one attached hydrogen (secondary N) is 2. The third kappa shape index (κ3) is 3.85. The zero-order chi connectivity index (χ0) is 20.6. The SMILES string of the molecule is O=C(Nc1ccc(F)c(Cl)c1)c1ccc(NC2=NS(=O)(=O)c3ccccc32)cc1. The molecule has 29 heavy (non-hydrogen) atoms. The molecule has 1 heterocycles. The molecule has 146 valence electrons. The van der Waals surface area contributed by atoms with E-state index in [1.165, 1.54) is 24.3 Å². The van der Waals surface area contributed by atoms with Crippen LogP contribution in [0.2, 0.25) is 5.02 Å². The first-order valence-electron chi connectivity index (χ1n) is 8.41. The highest BCUT2D eigenvalue weighted by atomic mass is 35.5. The average Bonchev–Trinajstić information content (AvgIpc) is 2.96. The Morgan fingerprint density at radius 1 is 0.966 bits per heavy atom. The second-order valence-electron chi connectivity index (χ2n) is 6.20. The minimum Gasteiger partial charge on any atom is -0.339 e. The number of anilines is 2. The molecule has 3 aromatic rings. The van der Waals surface area contributed by atoms with Crippen molar-refractivity contribution in [3.63, 3.8) is 0 Å². The van der Waals surface area contributed by atoms with Gasteiger partial charge in [0.05, 0.1) is 5.02 Å². The topological polar surface area (TPSA) is 87.6 Å². The van der Waals surface area contributed by atoms with Gasteiger partial charge in [-0.3, -0.25) is 4.79 Å². The van der Waals surface area contributed by atoms with Crippen LogP contribution in [0.15, 0.2) is 76.0 Å². The van der Waals surface area contributed by atoms with Crippen molar-refractivity contribution in [2.75, 3.05) is 10.6 Å². The van der Waals surface area contributed by atoms with E-state index in [9.17, 15) is 17.6 Å². The maximum atomic E-state index is 13.2. The zero-order valence-corrected chi connectivity index (χ0v) is 16.3. The minimum atomic E-state index is -3.71. The van der Waals surface area contributed by atoms with E-state index in [0.29, 0.717) is 22.5 Å². The van der Waals surface area contributed by atoms with Crippen LogP contribution in [0.5, 0.6) is 0 Å². The number of carbonyl (C=O) groups is 1. The van der Waals surface area contributed by atoms with Crippen molar-refractivity contribution < 1.29 is 17.6 Å². The van der Waals surface area contributed by atoms with Crippen LogP contribution in [0.3, 0.4) is 0 Å². The van der Waals surface area contributed by atoms with Gasteiger partial charge in [-0.2, -0.15) is 8.42 Å². The number of amides is 1. The Balaban J connectivity index is 1.50. The molecular weight excluding hydrogens is 417 g/mol. The molecule has 0 fully saturated rings. The number of fused-ring (bicyclic) bond motifs is 1. The largest absolute Gasteiger partial charge is 0.339 e. The number of sulfonamides is 1. The number of carbonyl (C=O) groups excluding carboxylic acids is 1. The van der Waals surface area contributed by atoms with Crippen molar-refractivity contribution >= 4 is 44.7 Å². The fraction of sp³-hybridized carbons (Fsp3) is 0. The normalized spacial score (nSPS) is 14.1. The predicted octanol–water partition coefficient (Wildman–Crippen LogP) is 4.29. The summed E-state index contributed by atoms with van der Waals surface area (Å²) in [6, 6.07) is 16.8. The quantitative estimate of drug-likeness (QED) is 0.650. The van der Waals surface area contributed by atoms with E-state index in [-0.39, 0.29) is 15.8 Å². The first-order valence-corrected chi connectivity index (χ1v) is 10.2. The van der Waals surface area contributed by atoms with Crippen molar-refractivity contribution in [3.05, 3.63) is 88.7 Å². The van der Waals surface area contributed by atoms with Crippen molar-refractivity contribution in [1.29, 1.82) is 0 Å². The minimum absolute atomic E-state index is 0.0880. The van der Waals surface area contributed by atoms with E-state index in [1.807, 2.05) is 0 Å². The number of benzene rings is 3. The Morgan fingerprint density at radius 2 is 1.66 bits per heavy atom. The van der Waals surface area contributed by atoms with Gasteiger partial charge in [0.1, 0.15) is 10.7 Å². The van der Waals surface area contributed by atoms with Gasteiger partial charge in [-0.25, -0.2) is 4.39 Å². The first-order chi connectivity index (χ1) is 13.8. The molecule has 0 atom stereocenters. The van der Waals surface area contributed by atoms with Crippen LogP contribution < -0.4 is 10.6 Å². The number of nitrogens with zero attached hydrogens (tertiary/aromatic N) is 1. The molecule has 4 rings (SSSR count). The first kappa shape index (κ1) is 19.1. The van der Waals surface area contributed by atoms with Gasteiger partial charge in [-0.1, -0.05) is 23.7 Å². The number of amidine groups is 1. The van der Waals surface area contributed by atoms with E-state index in [1.54, 1.807) is 42.5 Å². The summed E-state index contributed by atoms with van der Waals surface area (Å²) in [5.41, 5.74) is 1.78. The van der Waals surface area contributed by atoms with Crippen molar-refractivity contribution in [2.24, 2.45) is 4.40 Å². The van der Waals surface area contributed by atoms with Gasteiger partial charge in [-0.15, -0.1) is 4.40 Å². The van der Waals surface area contributed by atoms with Crippen LogP contribution in [0.4, 0.5) is 15.8 Å². The molecular formula is C20H13ClFN3O3S. The summed E-state index contributed by atoms with van der Waals surface area (Å²) in [5, 5.41) is 5.50. The molecule has 0 aromatic heterocycles. The molecule has 9 heteroatoms. The van der Waals surface area contributed by atoms with Gasteiger partial charge in [0.25, 0.3) is 15.9 Å². The molecule has 0 aliphatic carbocycles. The third-order valence-corrected chi connectivity index (χ3v) is 5.84. The smallest absolute Gasteiger partial charge is 0.285 e. The molecule has 6 nitrogen and oxygen atoms in total. The monoisotopic (exact) mass is 429 g/mol. The predicted molar refractivity (Wildman–Crippen MR) is 110 cm³/mol. The van der Waals surface area contributed by atoms with Gasteiger partial charge in [0, 0.05) is 22.5 Å². The van der Waals surface area contributed by atoms with Gasteiger partial charge in [0.2, 0.25) is 0 Å². The standard InChI is InChI=1S/C20H13ClFN3O3S/c21-16-11-14(9-10-17(16)22)24-20(26)12-5-7-13(8-6-12)23-19-15-3-1-2-4-18(15)29(27,28)25-19/h1-11H,(H,23,25)(H,24,26). The Labute approximate surface area is 171 Å². The Kier molecular flexibility index (Phi) is 4.81. The number of hydrogen-bond acceptors (Lipinski definition) is 4. The second kappa shape index (κ2) is 7.31. The number of rotatable bonds is 3. The molecule has 0 saturated carbocycles. The summed E-state index contributed by atoms with van der Waals surface area (Å²) in [7, 11) is -3.71. The Hall–Kier alpha value is -3.23. The van der Waals surface area contributed by atoms with E-state index >= 15 is 0 Å². The highest BCUT2D eigenvalue weighted by Gasteiger charge is 2.28. The summed E-state index contributed by atoms with van der Waals surface area (Å²) in [6.45, 7) is 0. The Bertz CT molecular complexity index is 1260.